The highest BCUT2D eigenvalue weighted by atomic mass is 16.3. The molecule has 2 rings (SSSR count). The number of nitrogens with two attached hydrogens (primary N) is 5. The van der Waals surface area contributed by atoms with Crippen LogP contribution in [0, 0.1) is 5.92 Å². The zero-order valence-electron chi connectivity index (χ0n) is 47.9. The molecular weight excluding hydrogens is 1070 g/mol. The Bertz CT molecular complexity index is 2240. The average Bonchev–Trinajstić information content (AvgIpc) is 3.45. The Balaban J connectivity index is 2.71. The van der Waals surface area contributed by atoms with Gasteiger partial charge < -0.3 is 97.4 Å². The van der Waals surface area contributed by atoms with Crippen molar-refractivity contribution in [2.24, 2.45) is 34.6 Å². The van der Waals surface area contributed by atoms with E-state index in [0.717, 1.165) is 12.8 Å². The second-order valence-electron chi connectivity index (χ2n) is 20.7. The third kappa shape index (κ3) is 25.1. The van der Waals surface area contributed by atoms with Gasteiger partial charge in [-0.1, -0.05) is 63.9 Å². The summed E-state index contributed by atoms with van der Waals surface area (Å²) in [7, 11) is 0. The summed E-state index contributed by atoms with van der Waals surface area (Å²) < 4.78 is 0. The first kappa shape index (κ1) is 71.2. The lowest BCUT2D eigenvalue weighted by molar-refractivity contribution is -0.137. The molecule has 0 aromatic heterocycles. The van der Waals surface area contributed by atoms with Crippen LogP contribution in [0.2, 0.25) is 0 Å². The van der Waals surface area contributed by atoms with Gasteiger partial charge >= 0.3 is 0 Å². The van der Waals surface area contributed by atoms with Gasteiger partial charge in [0.15, 0.2) is 0 Å². The SMILES string of the molecule is CCCCCC(=O)N[C@H](CCN)C(=O)N[C@@H](C(=O)N[C@@H](CCN)C(=O)N[C@H]1CCNC(=O)[C@H]([C@@H](C)O)NC(=O)[C@H](CCN)NC(=O)[C@H](CCN)NC(=O)[C@H](CC(C)C)NC(=O)[C@H](Cc2ccccc2)NC(=O)[C@H](CCN)NC1=O)[C@H](C)O. The molecule has 0 radical (unpaired) electrons. The molecule has 0 aliphatic carbocycles. The second-order valence-corrected chi connectivity index (χ2v) is 20.7. The first-order valence-corrected chi connectivity index (χ1v) is 28.2. The van der Waals surface area contributed by atoms with Gasteiger partial charge in [-0.15, -0.1) is 0 Å². The van der Waals surface area contributed by atoms with E-state index in [0.29, 0.717) is 12.0 Å². The number of hydrogen-bond acceptors (Lipinski definition) is 18. The van der Waals surface area contributed by atoms with E-state index < -0.39 is 151 Å². The van der Waals surface area contributed by atoms with Crippen LogP contribution in [0.15, 0.2) is 30.3 Å². The molecule has 29 nitrogen and oxygen atoms in total. The minimum absolute atomic E-state index is 0.0164. The number of unbranched alkanes of at least 4 members (excludes halogenated alkanes) is 2. The molecule has 462 valence electrons. The van der Waals surface area contributed by atoms with Crippen molar-refractivity contribution in [2.45, 2.75) is 184 Å². The Morgan fingerprint density at radius 1 is 0.573 bits per heavy atom. The maximum absolute atomic E-state index is 14.5. The van der Waals surface area contributed by atoms with E-state index in [-0.39, 0.29) is 90.0 Å². The Morgan fingerprint density at radius 3 is 1.56 bits per heavy atom. The summed E-state index contributed by atoms with van der Waals surface area (Å²) in [6.45, 7) is 6.76. The van der Waals surface area contributed by atoms with Crippen molar-refractivity contribution in [3.05, 3.63) is 35.9 Å². The number of rotatable bonds is 27. The van der Waals surface area contributed by atoms with Crippen molar-refractivity contribution in [3.8, 4) is 0 Å². The molecule has 12 atom stereocenters. The number of aliphatic hydroxyl groups is 2. The van der Waals surface area contributed by atoms with Gasteiger partial charge in [0.1, 0.15) is 60.4 Å². The fourth-order valence-electron chi connectivity index (χ4n) is 8.67. The van der Waals surface area contributed by atoms with Crippen LogP contribution < -0.4 is 87.2 Å². The normalized spacial score (nSPS) is 22.9. The summed E-state index contributed by atoms with van der Waals surface area (Å²) in [5.41, 5.74) is 29.8. The number of nitrogens with one attached hydrogen (secondary N) is 11. The third-order valence-electron chi connectivity index (χ3n) is 13.2. The summed E-state index contributed by atoms with van der Waals surface area (Å²) in [6, 6.07) is -6.22. The van der Waals surface area contributed by atoms with Gasteiger partial charge in [0.2, 0.25) is 65.0 Å². The lowest BCUT2D eigenvalue weighted by Crippen LogP contribution is -2.62. The first-order chi connectivity index (χ1) is 38.9. The molecule has 11 amide bonds. The van der Waals surface area contributed by atoms with Gasteiger partial charge in [-0.3, -0.25) is 52.7 Å². The number of benzene rings is 1. The number of aliphatic hydroxyl groups excluding tert-OH is 2. The number of amides is 11. The van der Waals surface area contributed by atoms with Crippen molar-refractivity contribution in [3.63, 3.8) is 0 Å². The molecule has 23 N–H and O–H groups in total. The van der Waals surface area contributed by atoms with Crippen LogP contribution in [-0.4, -0.2) is 187 Å². The van der Waals surface area contributed by atoms with Crippen molar-refractivity contribution in [1.29, 1.82) is 0 Å². The van der Waals surface area contributed by atoms with Gasteiger partial charge in [0.05, 0.1) is 12.2 Å². The van der Waals surface area contributed by atoms with Gasteiger partial charge in [0.25, 0.3) is 0 Å². The fraction of sp³-hybridized carbons (Fsp3) is 0.679. The van der Waals surface area contributed by atoms with Crippen LogP contribution in [0.3, 0.4) is 0 Å². The first-order valence-electron chi connectivity index (χ1n) is 28.2. The summed E-state index contributed by atoms with van der Waals surface area (Å²) in [5, 5.41) is 49.5. The molecule has 0 spiro atoms. The molecule has 0 unspecified atom stereocenters. The summed E-state index contributed by atoms with van der Waals surface area (Å²) in [5.74, 6) is -9.96. The number of carbonyl (C=O) groups excluding carboxylic acids is 11. The Morgan fingerprint density at radius 2 is 1.06 bits per heavy atom. The van der Waals surface area contributed by atoms with Gasteiger partial charge in [-0.25, -0.2) is 0 Å². The fourth-order valence-corrected chi connectivity index (χ4v) is 8.67. The van der Waals surface area contributed by atoms with Crippen LogP contribution in [0.5, 0.6) is 0 Å². The minimum atomic E-state index is -1.70. The minimum Gasteiger partial charge on any atom is -0.391 e. The third-order valence-corrected chi connectivity index (χ3v) is 13.2. The molecule has 29 heteroatoms. The zero-order chi connectivity index (χ0) is 61.5. The van der Waals surface area contributed by atoms with E-state index in [4.69, 9.17) is 28.7 Å². The van der Waals surface area contributed by atoms with E-state index in [9.17, 15) is 63.0 Å². The van der Waals surface area contributed by atoms with Crippen molar-refractivity contribution >= 4 is 65.0 Å². The number of hydrogen-bond donors (Lipinski definition) is 18. The Kier molecular flexibility index (Phi) is 33.0. The van der Waals surface area contributed by atoms with Crippen LogP contribution in [0.1, 0.15) is 111 Å². The van der Waals surface area contributed by atoms with Crippen LogP contribution in [0.4, 0.5) is 0 Å². The van der Waals surface area contributed by atoms with Gasteiger partial charge in [-0.2, -0.15) is 0 Å². The van der Waals surface area contributed by atoms with E-state index in [1.165, 1.54) is 13.8 Å². The lowest BCUT2D eigenvalue weighted by Gasteiger charge is -2.29. The van der Waals surface area contributed by atoms with E-state index in [2.05, 4.69) is 58.5 Å². The zero-order valence-corrected chi connectivity index (χ0v) is 47.9. The van der Waals surface area contributed by atoms with Crippen molar-refractivity contribution in [2.75, 3.05) is 39.3 Å². The molecule has 1 aliphatic rings. The summed E-state index contributed by atoms with van der Waals surface area (Å²) in [6.07, 6.45) is -2.16. The quantitative estimate of drug-likeness (QED) is 0.0364. The summed E-state index contributed by atoms with van der Waals surface area (Å²) in [4.78, 5) is 153. The van der Waals surface area contributed by atoms with Crippen LogP contribution in [-0.2, 0) is 59.2 Å². The smallest absolute Gasteiger partial charge is 0.245 e. The lowest BCUT2D eigenvalue weighted by atomic mass is 10.00. The predicted molar refractivity (Wildman–Crippen MR) is 302 cm³/mol. The van der Waals surface area contributed by atoms with Crippen molar-refractivity contribution in [1.82, 2.24) is 58.5 Å². The molecule has 82 heavy (non-hydrogen) atoms. The van der Waals surface area contributed by atoms with Gasteiger partial charge in [0, 0.05) is 19.4 Å². The Labute approximate surface area is 479 Å². The maximum Gasteiger partial charge on any atom is 0.245 e. The Hall–Kier alpha value is -6.89. The molecule has 1 fully saturated rings. The predicted octanol–water partition coefficient (Wildman–Crippen LogP) is -6.27. The van der Waals surface area contributed by atoms with E-state index in [1.807, 2.05) is 6.92 Å². The van der Waals surface area contributed by atoms with E-state index in [1.54, 1.807) is 44.2 Å². The number of carbonyl (C=O) groups is 11. The summed E-state index contributed by atoms with van der Waals surface area (Å²) >= 11 is 0. The molecule has 0 bridgehead atoms. The molecule has 1 aliphatic heterocycles. The maximum atomic E-state index is 14.5. The average molecular weight is 1160 g/mol. The standard InChI is InChI=1S/C53H92N16O13/c1-6-7-9-14-41(72)60-33(15-21-54)48(77)69-43(31(5)71)53(82)65-36(18-24-57)45(74)64-38-20-26-59-52(81)42(30(4)70)68-49(78)37(19-25-58)62-44(73)34(16-22-55)63-50(79)39(27-29(2)3)66-51(80)40(28-32-12-10-8-11-13-32)67-46(75)35(17-23-56)61-47(38)76/h8,10-13,29-31,33-40,42-43,70-71H,6-7,9,14-28,54-58H2,1-5H3,(H,59,81)(H,60,72)(H,61,76)(H,62,73)(H,63,79)(H,64,74)(H,65,82)(H,66,80)(H,67,75)(H,68,78)(H,69,77)/t30-,31+,33-,34+,35+,36+,37+,38+,39+,40+,42+,43-/m1/s1. The highest BCUT2D eigenvalue weighted by Crippen LogP contribution is 2.12. The topological polar surface area (TPSA) is 491 Å². The molecule has 1 aromatic rings. The molecule has 0 saturated carbocycles. The highest BCUT2D eigenvalue weighted by Gasteiger charge is 2.37. The van der Waals surface area contributed by atoms with E-state index >= 15 is 0 Å². The molecule has 1 heterocycles. The molecular formula is C53H92N16O13. The highest BCUT2D eigenvalue weighted by molar-refractivity contribution is 5.99. The monoisotopic (exact) mass is 1160 g/mol. The van der Waals surface area contributed by atoms with Gasteiger partial charge in [-0.05, 0) is 109 Å². The molecule has 1 saturated heterocycles. The second kappa shape index (κ2) is 38.0. The van der Waals surface area contributed by atoms with Crippen LogP contribution in [0.25, 0.3) is 0 Å². The largest absolute Gasteiger partial charge is 0.391 e. The van der Waals surface area contributed by atoms with Crippen molar-refractivity contribution < 1.29 is 63.0 Å². The van der Waals surface area contributed by atoms with Crippen LogP contribution >= 0.6 is 0 Å². The molecule has 1 aromatic carbocycles.